The fraction of sp³-hybridized carbons (Fsp3) is 0.167. The molecular formula is C24H17ClF4N2O. The summed E-state index contributed by atoms with van der Waals surface area (Å²) in [5, 5.41) is 5.35. The molecule has 32 heavy (non-hydrogen) atoms. The minimum Gasteiger partial charge on any atom is -0.298 e. The molecule has 4 aromatic rings. The van der Waals surface area contributed by atoms with Crippen LogP contribution in [-0.4, -0.2) is 22.2 Å². The zero-order valence-corrected chi connectivity index (χ0v) is 17.4. The van der Waals surface area contributed by atoms with Crippen LogP contribution in [0.25, 0.3) is 22.0 Å². The van der Waals surface area contributed by atoms with Gasteiger partial charge in [-0.15, -0.1) is 0 Å². The zero-order chi connectivity index (χ0) is 22.9. The molecule has 0 saturated heterocycles. The van der Waals surface area contributed by atoms with Crippen molar-refractivity contribution in [3.63, 3.8) is 0 Å². The second-order valence-corrected chi connectivity index (χ2v) is 7.85. The Morgan fingerprint density at radius 3 is 2.44 bits per heavy atom. The summed E-state index contributed by atoms with van der Waals surface area (Å²) >= 11 is 6.17. The van der Waals surface area contributed by atoms with E-state index in [1.165, 1.54) is 12.1 Å². The molecule has 8 heteroatoms. The predicted octanol–water partition coefficient (Wildman–Crippen LogP) is 7.24. The Balaban J connectivity index is 1.75. The first-order valence-electron chi connectivity index (χ1n) is 9.80. The number of fused-ring (bicyclic) bond motifs is 1. The molecule has 1 aromatic heterocycles. The van der Waals surface area contributed by atoms with Gasteiger partial charge >= 0.3 is 6.18 Å². The van der Waals surface area contributed by atoms with E-state index in [2.05, 4.69) is 5.10 Å². The number of halogens is 5. The van der Waals surface area contributed by atoms with Gasteiger partial charge in [-0.05, 0) is 47.9 Å². The third-order valence-corrected chi connectivity index (χ3v) is 5.60. The number of benzene rings is 3. The van der Waals surface area contributed by atoms with E-state index in [9.17, 15) is 22.4 Å². The molecule has 0 N–H and O–H groups in total. The largest absolute Gasteiger partial charge is 0.389 e. The number of carbonyl (C=O) groups excluding carboxylic acids is 1. The molecule has 3 nitrogen and oxygen atoms in total. The van der Waals surface area contributed by atoms with Crippen LogP contribution in [0.2, 0.25) is 5.02 Å². The van der Waals surface area contributed by atoms with E-state index in [0.717, 1.165) is 5.56 Å². The third-order valence-electron chi connectivity index (χ3n) is 5.29. The summed E-state index contributed by atoms with van der Waals surface area (Å²) in [7, 11) is 0. The van der Waals surface area contributed by atoms with Gasteiger partial charge in [0.15, 0.2) is 0 Å². The predicted molar refractivity (Wildman–Crippen MR) is 115 cm³/mol. The quantitative estimate of drug-likeness (QED) is 0.224. The van der Waals surface area contributed by atoms with Crippen LogP contribution in [0, 0.1) is 5.82 Å². The van der Waals surface area contributed by atoms with Crippen molar-refractivity contribution in [1.29, 1.82) is 0 Å². The van der Waals surface area contributed by atoms with Crippen molar-refractivity contribution in [2.45, 2.75) is 25.1 Å². The van der Waals surface area contributed by atoms with Gasteiger partial charge in [0.25, 0.3) is 0 Å². The Labute approximate surface area is 186 Å². The molecule has 0 aliphatic heterocycles. The summed E-state index contributed by atoms with van der Waals surface area (Å²) < 4.78 is 53.9. The van der Waals surface area contributed by atoms with Crippen LogP contribution in [-0.2, 0) is 0 Å². The number of aldehydes is 1. The van der Waals surface area contributed by atoms with E-state index in [-0.39, 0.29) is 11.4 Å². The molecule has 0 aliphatic rings. The van der Waals surface area contributed by atoms with E-state index < -0.39 is 24.5 Å². The molecule has 1 atom stereocenters. The van der Waals surface area contributed by atoms with E-state index >= 15 is 0 Å². The average Bonchev–Trinajstić information content (AvgIpc) is 3.16. The van der Waals surface area contributed by atoms with Crippen molar-refractivity contribution < 1.29 is 22.4 Å². The monoisotopic (exact) mass is 460 g/mol. The summed E-state index contributed by atoms with van der Waals surface area (Å²) in [5.74, 6) is -0.444. The second-order valence-electron chi connectivity index (χ2n) is 7.44. The second kappa shape index (κ2) is 8.74. The summed E-state index contributed by atoms with van der Waals surface area (Å²) in [6, 6.07) is 15.2. The maximum atomic E-state index is 13.4. The molecule has 1 unspecified atom stereocenters. The molecule has 0 amide bonds. The zero-order valence-electron chi connectivity index (χ0n) is 16.6. The molecule has 1 heterocycles. The number of nitrogens with zero attached hydrogens (tertiary/aromatic N) is 2. The molecule has 3 aromatic carbocycles. The van der Waals surface area contributed by atoms with Crippen LogP contribution in [0.5, 0.6) is 0 Å². The fourth-order valence-corrected chi connectivity index (χ4v) is 4.00. The van der Waals surface area contributed by atoms with Gasteiger partial charge in [0, 0.05) is 22.9 Å². The Bertz CT molecular complexity index is 1270. The molecule has 164 valence electrons. The lowest BCUT2D eigenvalue weighted by molar-refractivity contribution is -0.136. The van der Waals surface area contributed by atoms with E-state index in [1.807, 2.05) is 6.07 Å². The first kappa shape index (κ1) is 22.0. The van der Waals surface area contributed by atoms with Crippen LogP contribution >= 0.6 is 11.6 Å². The number of hydrogen-bond acceptors (Lipinski definition) is 2. The van der Waals surface area contributed by atoms with Crippen LogP contribution in [0.4, 0.5) is 17.6 Å². The highest BCUT2D eigenvalue weighted by Crippen LogP contribution is 2.35. The number of carbonyl (C=O) groups is 1. The maximum absolute atomic E-state index is 13.4. The fourth-order valence-electron chi connectivity index (χ4n) is 3.72. The highest BCUT2D eigenvalue weighted by atomic mass is 35.5. The molecule has 0 fully saturated rings. The summed E-state index contributed by atoms with van der Waals surface area (Å²) in [6.45, 7) is 0. The Hall–Kier alpha value is -3.19. The van der Waals surface area contributed by atoms with Gasteiger partial charge in [-0.3, -0.25) is 9.48 Å². The van der Waals surface area contributed by atoms with Crippen molar-refractivity contribution in [3.8, 4) is 11.1 Å². The molecule has 0 aliphatic carbocycles. The van der Waals surface area contributed by atoms with Crippen LogP contribution in [0.3, 0.4) is 0 Å². The van der Waals surface area contributed by atoms with Crippen molar-refractivity contribution in [2.75, 3.05) is 0 Å². The maximum Gasteiger partial charge on any atom is 0.389 e. The molecule has 4 rings (SSSR count). The van der Waals surface area contributed by atoms with Crippen molar-refractivity contribution in [2.24, 2.45) is 0 Å². The Kier molecular flexibility index (Phi) is 6.02. The van der Waals surface area contributed by atoms with Crippen LogP contribution < -0.4 is 0 Å². The van der Waals surface area contributed by atoms with Gasteiger partial charge in [0.05, 0.1) is 22.8 Å². The van der Waals surface area contributed by atoms with E-state index in [1.54, 1.807) is 53.3 Å². The number of aromatic nitrogens is 2. The molecule has 0 saturated carbocycles. The summed E-state index contributed by atoms with van der Waals surface area (Å²) in [6.07, 6.45) is -3.23. The Morgan fingerprint density at radius 2 is 1.78 bits per heavy atom. The van der Waals surface area contributed by atoms with E-state index in [4.69, 9.17) is 11.6 Å². The van der Waals surface area contributed by atoms with Gasteiger partial charge in [-0.25, -0.2) is 4.39 Å². The number of alkyl halides is 3. The minimum absolute atomic E-state index is 0.202. The third kappa shape index (κ3) is 4.67. The van der Waals surface area contributed by atoms with Gasteiger partial charge in [0.2, 0.25) is 0 Å². The van der Waals surface area contributed by atoms with Crippen LogP contribution in [0.1, 0.15) is 34.8 Å². The number of rotatable bonds is 6. The number of hydrogen-bond donors (Lipinski definition) is 0. The van der Waals surface area contributed by atoms with Crippen molar-refractivity contribution in [3.05, 3.63) is 88.8 Å². The van der Waals surface area contributed by atoms with Gasteiger partial charge in [-0.1, -0.05) is 41.9 Å². The van der Waals surface area contributed by atoms with Gasteiger partial charge in [-0.2, -0.15) is 18.3 Å². The van der Waals surface area contributed by atoms with Gasteiger partial charge in [0.1, 0.15) is 12.1 Å². The first-order valence-corrected chi connectivity index (χ1v) is 10.2. The SMILES string of the molecule is O=Cc1ccc(C(CCC(F)(F)F)n2ncc3cc(-c4ccc(F)cc4Cl)ccc32)cc1. The average molecular weight is 461 g/mol. The van der Waals surface area contributed by atoms with Crippen molar-refractivity contribution in [1.82, 2.24) is 9.78 Å². The highest BCUT2D eigenvalue weighted by Gasteiger charge is 2.30. The smallest absolute Gasteiger partial charge is 0.298 e. The lowest BCUT2D eigenvalue weighted by atomic mass is 10.00. The van der Waals surface area contributed by atoms with Crippen molar-refractivity contribution >= 4 is 28.8 Å². The minimum atomic E-state index is -4.31. The summed E-state index contributed by atoms with van der Waals surface area (Å²) in [5.41, 5.74) is 3.09. The standard InChI is InChI=1S/C24H17ClF4N2O/c25-21-12-19(26)6-7-20(21)17-5-8-22-18(11-17)13-30-31(22)23(9-10-24(27,28)29)16-3-1-15(14-32)2-4-16/h1-8,11-14,23H,9-10H2. The topological polar surface area (TPSA) is 34.9 Å². The summed E-state index contributed by atoms with van der Waals surface area (Å²) in [4.78, 5) is 10.9. The van der Waals surface area contributed by atoms with Gasteiger partial charge < -0.3 is 0 Å². The lowest BCUT2D eigenvalue weighted by Gasteiger charge is -2.20. The van der Waals surface area contributed by atoms with Crippen LogP contribution in [0.15, 0.2) is 66.9 Å². The lowest BCUT2D eigenvalue weighted by Crippen LogP contribution is -2.16. The first-order chi connectivity index (χ1) is 15.2. The molecule has 0 radical (unpaired) electrons. The molecule has 0 bridgehead atoms. The normalized spacial score (nSPS) is 12.8. The molecule has 0 spiro atoms. The highest BCUT2D eigenvalue weighted by molar-refractivity contribution is 6.33. The molecular weight excluding hydrogens is 444 g/mol. The Morgan fingerprint density at radius 1 is 1.03 bits per heavy atom. The van der Waals surface area contributed by atoms with E-state index in [0.29, 0.717) is 33.9 Å².